The molecule has 0 spiro atoms. The van der Waals surface area contributed by atoms with E-state index in [1.54, 1.807) is 23.9 Å². The minimum atomic E-state index is -0.222. The number of para-hydroxylation sites is 2. The number of carbonyl (C=O) groups excluding carboxylic acids is 1. The Morgan fingerprint density at radius 1 is 0.892 bits per heavy atom. The predicted octanol–water partition coefficient (Wildman–Crippen LogP) is 5.95. The summed E-state index contributed by atoms with van der Waals surface area (Å²) >= 11 is 8.04. The molecule has 0 unspecified atom stereocenters. The third-order valence-corrected chi connectivity index (χ3v) is 7.70. The highest BCUT2D eigenvalue weighted by molar-refractivity contribution is 7.99. The van der Waals surface area contributed by atoms with Crippen LogP contribution in [0.2, 0.25) is 5.02 Å². The number of anilines is 1. The minimum absolute atomic E-state index is 0.134. The molecule has 3 aromatic carbocycles. The molecule has 5 rings (SSSR count). The van der Waals surface area contributed by atoms with Crippen LogP contribution in [0.5, 0.6) is 0 Å². The Labute approximate surface area is 225 Å². The Morgan fingerprint density at radius 2 is 1.59 bits per heavy atom. The van der Waals surface area contributed by atoms with Crippen molar-refractivity contribution >= 4 is 35.0 Å². The highest BCUT2D eigenvalue weighted by Gasteiger charge is 2.23. The molecule has 0 aliphatic carbocycles. The molecule has 37 heavy (non-hydrogen) atoms. The summed E-state index contributed by atoms with van der Waals surface area (Å²) in [4.78, 5) is 16.7. The summed E-state index contributed by atoms with van der Waals surface area (Å²) in [5, 5.41) is 10.3. The lowest BCUT2D eigenvalue weighted by Gasteiger charge is -2.36. The van der Waals surface area contributed by atoms with E-state index in [0.29, 0.717) is 49.1 Å². The number of carbonyl (C=O) groups is 1. The maximum atomic E-state index is 14.1. The van der Waals surface area contributed by atoms with Gasteiger partial charge in [-0.15, -0.1) is 10.2 Å². The number of hydrogen-bond acceptors (Lipinski definition) is 5. The topological polar surface area (TPSA) is 54.3 Å². The molecule has 1 fully saturated rings. The fourth-order valence-electron chi connectivity index (χ4n) is 4.44. The SMILES string of the molecule is O=C(CCCSc1nnc(-c2ccccc2Cl)n1-c1ccccc1)N1CCN(c2ccccc2F)CC1. The number of halogens is 2. The Bertz CT molecular complexity index is 1360. The van der Waals surface area contributed by atoms with Crippen LogP contribution in [0.15, 0.2) is 84.0 Å². The highest BCUT2D eigenvalue weighted by Crippen LogP contribution is 2.32. The average Bonchev–Trinajstić information content (AvgIpc) is 3.35. The van der Waals surface area contributed by atoms with E-state index in [9.17, 15) is 9.18 Å². The largest absolute Gasteiger partial charge is 0.366 e. The third-order valence-electron chi connectivity index (χ3n) is 6.35. The number of rotatable bonds is 8. The van der Waals surface area contributed by atoms with Crippen molar-refractivity contribution in [1.82, 2.24) is 19.7 Å². The molecular formula is C28H27ClFN5OS. The zero-order valence-electron chi connectivity index (χ0n) is 20.3. The molecule has 1 aromatic heterocycles. The van der Waals surface area contributed by atoms with Crippen LogP contribution in [-0.4, -0.2) is 57.5 Å². The van der Waals surface area contributed by atoms with Gasteiger partial charge in [-0.1, -0.05) is 65.8 Å². The van der Waals surface area contributed by atoms with E-state index in [1.165, 1.54) is 6.07 Å². The van der Waals surface area contributed by atoms with Gasteiger partial charge in [0.1, 0.15) is 5.82 Å². The summed E-state index contributed by atoms with van der Waals surface area (Å²) in [6.45, 7) is 2.46. The van der Waals surface area contributed by atoms with Gasteiger partial charge in [0.05, 0.1) is 10.7 Å². The van der Waals surface area contributed by atoms with Crippen molar-refractivity contribution in [2.75, 3.05) is 36.8 Å². The van der Waals surface area contributed by atoms with Crippen LogP contribution in [-0.2, 0) is 4.79 Å². The summed E-state index contributed by atoms with van der Waals surface area (Å²) in [5.74, 6) is 1.33. The number of amides is 1. The highest BCUT2D eigenvalue weighted by atomic mass is 35.5. The minimum Gasteiger partial charge on any atom is -0.366 e. The van der Waals surface area contributed by atoms with Crippen molar-refractivity contribution in [1.29, 1.82) is 0 Å². The molecule has 6 nitrogen and oxygen atoms in total. The number of aromatic nitrogens is 3. The molecule has 190 valence electrons. The van der Waals surface area contributed by atoms with E-state index in [-0.39, 0.29) is 11.7 Å². The van der Waals surface area contributed by atoms with Crippen molar-refractivity contribution < 1.29 is 9.18 Å². The van der Waals surface area contributed by atoms with Crippen LogP contribution in [0, 0.1) is 5.82 Å². The number of piperazine rings is 1. The van der Waals surface area contributed by atoms with E-state index in [4.69, 9.17) is 11.6 Å². The molecule has 1 amide bonds. The van der Waals surface area contributed by atoms with Crippen molar-refractivity contribution in [3.63, 3.8) is 0 Å². The molecule has 0 N–H and O–H groups in total. The molecule has 1 aliphatic heterocycles. The van der Waals surface area contributed by atoms with E-state index >= 15 is 0 Å². The van der Waals surface area contributed by atoms with Gasteiger partial charge >= 0.3 is 0 Å². The first kappa shape index (κ1) is 25.3. The van der Waals surface area contributed by atoms with E-state index < -0.39 is 0 Å². The standard InChI is InChI=1S/C28H27ClFN5OS/c29-23-12-5-4-11-22(23)27-31-32-28(35(27)21-9-2-1-3-10-21)37-20-8-15-26(36)34-18-16-33(17-19-34)25-14-7-6-13-24(25)30/h1-7,9-14H,8,15-20H2. The quantitative estimate of drug-likeness (QED) is 0.206. The van der Waals surface area contributed by atoms with Gasteiger partial charge < -0.3 is 9.80 Å². The van der Waals surface area contributed by atoms with Gasteiger partial charge in [0, 0.05) is 49.6 Å². The molecule has 9 heteroatoms. The van der Waals surface area contributed by atoms with E-state index in [2.05, 4.69) is 10.2 Å². The average molecular weight is 536 g/mol. The van der Waals surface area contributed by atoms with E-state index in [0.717, 1.165) is 28.6 Å². The lowest BCUT2D eigenvalue weighted by molar-refractivity contribution is -0.131. The van der Waals surface area contributed by atoms with Crippen molar-refractivity contribution in [2.45, 2.75) is 18.0 Å². The van der Waals surface area contributed by atoms with Gasteiger partial charge in [0.25, 0.3) is 0 Å². The van der Waals surface area contributed by atoms with Crippen LogP contribution in [0.4, 0.5) is 10.1 Å². The van der Waals surface area contributed by atoms with Gasteiger partial charge in [0.15, 0.2) is 11.0 Å². The number of benzene rings is 3. The lowest BCUT2D eigenvalue weighted by Crippen LogP contribution is -2.49. The molecule has 1 saturated heterocycles. The molecular weight excluding hydrogens is 509 g/mol. The zero-order chi connectivity index (χ0) is 25.6. The number of nitrogens with zero attached hydrogens (tertiary/aromatic N) is 5. The maximum absolute atomic E-state index is 14.1. The van der Waals surface area contributed by atoms with Gasteiger partial charge in [-0.2, -0.15) is 0 Å². The van der Waals surface area contributed by atoms with Gasteiger partial charge in [-0.25, -0.2) is 4.39 Å². The molecule has 0 atom stereocenters. The Kier molecular flexibility index (Phi) is 8.06. The van der Waals surface area contributed by atoms with Gasteiger partial charge in [0.2, 0.25) is 5.91 Å². The Hall–Kier alpha value is -3.36. The normalized spacial score (nSPS) is 13.7. The summed E-state index contributed by atoms with van der Waals surface area (Å²) in [7, 11) is 0. The molecule has 0 bridgehead atoms. The zero-order valence-corrected chi connectivity index (χ0v) is 21.8. The van der Waals surface area contributed by atoms with Crippen LogP contribution in [0.3, 0.4) is 0 Å². The third kappa shape index (κ3) is 5.81. The van der Waals surface area contributed by atoms with E-state index in [1.807, 2.05) is 75.0 Å². The Balaban J connectivity index is 1.18. The fraction of sp³-hybridized carbons (Fsp3) is 0.250. The first-order valence-electron chi connectivity index (χ1n) is 12.3. The van der Waals surface area contributed by atoms with Crippen molar-refractivity contribution in [3.05, 3.63) is 89.7 Å². The summed E-state index contributed by atoms with van der Waals surface area (Å²) in [6, 6.07) is 24.3. The second-order valence-corrected chi connectivity index (χ2v) is 10.2. The number of hydrogen-bond donors (Lipinski definition) is 0. The molecule has 0 saturated carbocycles. The lowest BCUT2D eigenvalue weighted by atomic mass is 10.2. The monoisotopic (exact) mass is 535 g/mol. The molecule has 4 aromatic rings. The van der Waals surface area contributed by atoms with Crippen LogP contribution in [0.25, 0.3) is 17.1 Å². The van der Waals surface area contributed by atoms with Gasteiger partial charge in [-0.05, 0) is 42.8 Å². The first-order valence-corrected chi connectivity index (χ1v) is 13.6. The molecule has 0 radical (unpaired) electrons. The maximum Gasteiger partial charge on any atom is 0.222 e. The van der Waals surface area contributed by atoms with Crippen LogP contribution in [0.1, 0.15) is 12.8 Å². The number of thioether (sulfide) groups is 1. The molecule has 1 aliphatic rings. The summed E-state index contributed by atoms with van der Waals surface area (Å²) in [5.41, 5.74) is 2.37. The van der Waals surface area contributed by atoms with Gasteiger partial charge in [-0.3, -0.25) is 9.36 Å². The van der Waals surface area contributed by atoms with Crippen molar-refractivity contribution in [2.24, 2.45) is 0 Å². The predicted molar refractivity (Wildman–Crippen MR) is 147 cm³/mol. The second-order valence-electron chi connectivity index (χ2n) is 8.73. The fourth-order valence-corrected chi connectivity index (χ4v) is 5.55. The molecule has 2 heterocycles. The summed E-state index contributed by atoms with van der Waals surface area (Å²) < 4.78 is 16.1. The first-order chi connectivity index (χ1) is 18.1. The second kappa shape index (κ2) is 11.8. The van der Waals surface area contributed by atoms with Crippen LogP contribution < -0.4 is 4.90 Å². The Morgan fingerprint density at radius 3 is 2.35 bits per heavy atom. The van der Waals surface area contributed by atoms with Crippen molar-refractivity contribution in [3.8, 4) is 17.1 Å². The van der Waals surface area contributed by atoms with Crippen LogP contribution >= 0.6 is 23.4 Å². The smallest absolute Gasteiger partial charge is 0.222 e. The summed E-state index contributed by atoms with van der Waals surface area (Å²) in [6.07, 6.45) is 1.18.